The molecular weight excluding hydrogens is 384 g/mol. The number of nitrogens with zero attached hydrogens (tertiary/aromatic N) is 3. The number of aromatic nitrogens is 1. The molecule has 3 aromatic rings. The first-order valence-electron chi connectivity index (χ1n) is 10.0. The van der Waals surface area contributed by atoms with Crippen molar-refractivity contribution in [2.24, 2.45) is 0 Å². The first-order valence-corrected chi connectivity index (χ1v) is 10.0. The average molecular weight is 407 g/mol. The van der Waals surface area contributed by atoms with E-state index < -0.39 is 0 Å². The van der Waals surface area contributed by atoms with Gasteiger partial charge in [0.25, 0.3) is 5.91 Å². The first-order chi connectivity index (χ1) is 14.5. The van der Waals surface area contributed by atoms with Gasteiger partial charge in [-0.3, -0.25) is 9.78 Å². The SMILES string of the molecule is Cc1cncc(C(=O)N2CCC(N(c3cccc(F)c3)c3cccc(F)c3)CC2)c1. The highest BCUT2D eigenvalue weighted by atomic mass is 19.1. The number of aryl methyl sites for hydroxylation is 1. The van der Waals surface area contributed by atoms with E-state index in [-0.39, 0.29) is 23.6 Å². The Labute approximate surface area is 174 Å². The highest BCUT2D eigenvalue weighted by molar-refractivity contribution is 5.94. The van der Waals surface area contributed by atoms with Crippen molar-refractivity contribution in [2.75, 3.05) is 18.0 Å². The summed E-state index contributed by atoms with van der Waals surface area (Å²) in [5.74, 6) is -0.713. The number of amides is 1. The number of piperidine rings is 1. The number of hydrogen-bond acceptors (Lipinski definition) is 3. The van der Waals surface area contributed by atoms with E-state index >= 15 is 0 Å². The van der Waals surface area contributed by atoms with E-state index in [1.165, 1.54) is 24.3 Å². The van der Waals surface area contributed by atoms with Crippen molar-refractivity contribution in [1.82, 2.24) is 9.88 Å². The summed E-state index contributed by atoms with van der Waals surface area (Å²) in [7, 11) is 0. The van der Waals surface area contributed by atoms with Gasteiger partial charge < -0.3 is 9.80 Å². The van der Waals surface area contributed by atoms with Gasteiger partial charge >= 0.3 is 0 Å². The summed E-state index contributed by atoms with van der Waals surface area (Å²) in [6.45, 7) is 3.04. The Hall–Kier alpha value is -3.28. The number of halogens is 2. The molecule has 1 aliphatic rings. The van der Waals surface area contributed by atoms with Crippen molar-refractivity contribution in [3.63, 3.8) is 0 Å². The molecule has 30 heavy (non-hydrogen) atoms. The van der Waals surface area contributed by atoms with Gasteiger partial charge in [0, 0.05) is 42.9 Å². The minimum Gasteiger partial charge on any atom is -0.338 e. The van der Waals surface area contributed by atoms with Crippen LogP contribution in [0.3, 0.4) is 0 Å². The van der Waals surface area contributed by atoms with Gasteiger partial charge in [-0.05, 0) is 67.8 Å². The summed E-state index contributed by atoms with van der Waals surface area (Å²) in [6, 6.07) is 14.5. The van der Waals surface area contributed by atoms with Gasteiger partial charge in [0.15, 0.2) is 0 Å². The zero-order chi connectivity index (χ0) is 21.1. The Kier molecular flexibility index (Phi) is 5.74. The van der Waals surface area contributed by atoms with Crippen molar-refractivity contribution in [3.05, 3.63) is 89.8 Å². The Morgan fingerprint density at radius 1 is 0.967 bits per heavy atom. The summed E-state index contributed by atoms with van der Waals surface area (Å²) in [5, 5.41) is 0. The van der Waals surface area contributed by atoms with Gasteiger partial charge in [0.05, 0.1) is 5.56 Å². The number of anilines is 2. The van der Waals surface area contributed by atoms with E-state index in [0.29, 0.717) is 42.9 Å². The summed E-state index contributed by atoms with van der Waals surface area (Å²) in [5.41, 5.74) is 2.88. The van der Waals surface area contributed by atoms with Crippen LogP contribution in [0.5, 0.6) is 0 Å². The van der Waals surface area contributed by atoms with E-state index in [0.717, 1.165) is 5.56 Å². The van der Waals surface area contributed by atoms with Crippen LogP contribution < -0.4 is 4.90 Å². The number of pyridine rings is 1. The Morgan fingerprint density at radius 3 is 2.10 bits per heavy atom. The van der Waals surface area contributed by atoms with Crippen LogP contribution in [-0.4, -0.2) is 34.9 Å². The fraction of sp³-hybridized carbons (Fsp3) is 0.250. The monoisotopic (exact) mass is 407 g/mol. The van der Waals surface area contributed by atoms with Crippen LogP contribution in [0.15, 0.2) is 67.0 Å². The average Bonchev–Trinajstić information content (AvgIpc) is 2.74. The molecule has 1 fully saturated rings. The molecule has 4 nitrogen and oxygen atoms in total. The van der Waals surface area contributed by atoms with E-state index in [4.69, 9.17) is 0 Å². The highest BCUT2D eigenvalue weighted by Gasteiger charge is 2.29. The molecule has 2 heterocycles. The van der Waals surface area contributed by atoms with Crippen LogP contribution in [-0.2, 0) is 0 Å². The third kappa shape index (κ3) is 4.32. The molecule has 0 saturated carbocycles. The lowest BCUT2D eigenvalue weighted by Gasteiger charge is -2.40. The summed E-state index contributed by atoms with van der Waals surface area (Å²) < 4.78 is 27.8. The molecule has 154 valence electrons. The van der Waals surface area contributed by atoms with Crippen molar-refractivity contribution >= 4 is 17.3 Å². The number of rotatable bonds is 4. The molecule has 0 N–H and O–H groups in total. The molecule has 1 saturated heterocycles. The lowest BCUT2D eigenvalue weighted by atomic mass is 10.00. The number of likely N-dealkylation sites (tertiary alicyclic amines) is 1. The van der Waals surface area contributed by atoms with Gasteiger partial charge in [-0.2, -0.15) is 0 Å². The molecule has 0 radical (unpaired) electrons. The smallest absolute Gasteiger partial charge is 0.255 e. The Bertz CT molecular complexity index is 1000. The van der Waals surface area contributed by atoms with Crippen LogP contribution in [0, 0.1) is 18.6 Å². The maximum atomic E-state index is 13.9. The second-order valence-electron chi connectivity index (χ2n) is 7.60. The normalized spacial score (nSPS) is 14.6. The number of hydrogen-bond donors (Lipinski definition) is 0. The molecule has 0 unspecified atom stereocenters. The molecule has 2 aromatic carbocycles. The Morgan fingerprint density at radius 2 is 1.57 bits per heavy atom. The summed E-state index contributed by atoms with van der Waals surface area (Å²) in [6.07, 6.45) is 4.70. The first kappa shape index (κ1) is 20.0. The van der Waals surface area contributed by atoms with Gasteiger partial charge in [0.2, 0.25) is 0 Å². The summed E-state index contributed by atoms with van der Waals surface area (Å²) >= 11 is 0. The second-order valence-corrected chi connectivity index (χ2v) is 7.60. The van der Waals surface area contributed by atoms with Crippen LogP contribution >= 0.6 is 0 Å². The molecule has 0 atom stereocenters. The fourth-order valence-corrected chi connectivity index (χ4v) is 4.00. The topological polar surface area (TPSA) is 36.4 Å². The predicted molar refractivity (Wildman–Crippen MR) is 113 cm³/mol. The van der Waals surface area contributed by atoms with Gasteiger partial charge in [-0.25, -0.2) is 8.78 Å². The maximum absolute atomic E-state index is 13.9. The van der Waals surface area contributed by atoms with Crippen LogP contribution in [0.4, 0.5) is 20.2 Å². The summed E-state index contributed by atoms with van der Waals surface area (Å²) in [4.78, 5) is 20.7. The highest BCUT2D eigenvalue weighted by Crippen LogP contribution is 2.33. The minimum atomic E-state index is -0.339. The van der Waals surface area contributed by atoms with E-state index in [1.54, 1.807) is 24.5 Å². The molecule has 0 bridgehead atoms. The van der Waals surface area contributed by atoms with Crippen LogP contribution in [0.2, 0.25) is 0 Å². The van der Waals surface area contributed by atoms with Gasteiger partial charge in [-0.15, -0.1) is 0 Å². The van der Waals surface area contributed by atoms with Crippen molar-refractivity contribution < 1.29 is 13.6 Å². The largest absolute Gasteiger partial charge is 0.338 e. The number of carbonyl (C=O) groups is 1. The molecule has 1 aromatic heterocycles. The van der Waals surface area contributed by atoms with Crippen LogP contribution in [0.1, 0.15) is 28.8 Å². The molecule has 1 aliphatic heterocycles. The molecule has 6 heteroatoms. The Balaban J connectivity index is 1.55. The molecule has 4 rings (SSSR count). The third-order valence-electron chi connectivity index (χ3n) is 5.41. The number of benzene rings is 2. The standard InChI is InChI=1S/C24H23F2N3O/c1-17-12-18(16-27-15-17)24(30)28-10-8-21(9-11-28)29(22-6-2-4-19(25)13-22)23-7-3-5-20(26)14-23/h2-7,12-16,21H,8-11H2,1H3. The molecule has 0 spiro atoms. The maximum Gasteiger partial charge on any atom is 0.255 e. The fourth-order valence-electron chi connectivity index (χ4n) is 4.00. The predicted octanol–water partition coefficient (Wildman–Crippen LogP) is 5.11. The second kappa shape index (κ2) is 8.61. The zero-order valence-electron chi connectivity index (χ0n) is 16.8. The van der Waals surface area contributed by atoms with Crippen molar-refractivity contribution in [1.29, 1.82) is 0 Å². The van der Waals surface area contributed by atoms with E-state index in [9.17, 15) is 13.6 Å². The van der Waals surface area contributed by atoms with Crippen LogP contribution in [0.25, 0.3) is 0 Å². The lowest BCUT2D eigenvalue weighted by molar-refractivity contribution is 0.0714. The van der Waals surface area contributed by atoms with Crippen molar-refractivity contribution in [2.45, 2.75) is 25.8 Å². The van der Waals surface area contributed by atoms with E-state index in [2.05, 4.69) is 4.98 Å². The molecular formula is C24H23F2N3O. The van der Waals surface area contributed by atoms with Gasteiger partial charge in [0.1, 0.15) is 11.6 Å². The quantitative estimate of drug-likeness (QED) is 0.603. The molecule has 1 amide bonds. The van der Waals surface area contributed by atoms with Crippen molar-refractivity contribution in [3.8, 4) is 0 Å². The third-order valence-corrected chi connectivity index (χ3v) is 5.41. The number of carbonyl (C=O) groups excluding carboxylic acids is 1. The van der Waals surface area contributed by atoms with Gasteiger partial charge in [-0.1, -0.05) is 12.1 Å². The molecule has 0 aliphatic carbocycles. The zero-order valence-corrected chi connectivity index (χ0v) is 16.8. The minimum absolute atomic E-state index is 0.0216. The lowest BCUT2D eigenvalue weighted by Crippen LogP contribution is -2.45. The van der Waals surface area contributed by atoms with E-state index in [1.807, 2.05) is 34.9 Å².